The van der Waals surface area contributed by atoms with Gasteiger partial charge in [0.05, 0.1) is 18.0 Å². The fourth-order valence-electron chi connectivity index (χ4n) is 4.79. The maximum absolute atomic E-state index is 9.70. The zero-order valence-electron chi connectivity index (χ0n) is 14.2. The Morgan fingerprint density at radius 2 is 1.80 bits per heavy atom. The van der Waals surface area contributed by atoms with Crippen molar-refractivity contribution in [3.8, 4) is 6.07 Å². The van der Waals surface area contributed by atoms with Crippen LogP contribution in [0.4, 0.5) is 0 Å². The summed E-state index contributed by atoms with van der Waals surface area (Å²) in [7, 11) is 0. The molecule has 3 aromatic rings. The molecule has 0 radical (unpaired) electrons. The molecule has 2 aliphatic rings. The highest BCUT2D eigenvalue weighted by Gasteiger charge is 2.41. The van der Waals surface area contributed by atoms with Crippen LogP contribution in [0.2, 0.25) is 0 Å². The molecule has 1 fully saturated rings. The molecule has 25 heavy (non-hydrogen) atoms. The topological polar surface area (TPSA) is 32.0 Å². The van der Waals surface area contributed by atoms with Crippen molar-refractivity contribution in [2.24, 2.45) is 5.92 Å². The second-order valence-electron chi connectivity index (χ2n) is 7.21. The molecule has 1 aromatic heterocycles. The van der Waals surface area contributed by atoms with Crippen LogP contribution in [0.3, 0.4) is 0 Å². The number of nitrogens with zero attached hydrogens (tertiary/aromatic N) is 3. The highest BCUT2D eigenvalue weighted by Crippen LogP contribution is 2.45. The van der Waals surface area contributed by atoms with Gasteiger partial charge in [-0.15, -0.1) is 0 Å². The molecule has 2 aliphatic heterocycles. The molecule has 0 bridgehead atoms. The van der Waals surface area contributed by atoms with Gasteiger partial charge in [-0.2, -0.15) is 5.26 Å². The van der Waals surface area contributed by atoms with Crippen LogP contribution >= 0.6 is 0 Å². The third kappa shape index (κ3) is 2.22. The lowest BCUT2D eigenvalue weighted by Gasteiger charge is -2.32. The molecule has 0 saturated carbocycles. The van der Waals surface area contributed by atoms with E-state index in [2.05, 4.69) is 70.1 Å². The Bertz CT molecular complexity index is 964. The molecule has 0 spiro atoms. The van der Waals surface area contributed by atoms with Crippen molar-refractivity contribution in [3.63, 3.8) is 0 Å². The van der Waals surface area contributed by atoms with Crippen molar-refractivity contribution < 1.29 is 0 Å². The smallest absolute Gasteiger partial charge is 0.0687 e. The molecule has 3 heterocycles. The molecular weight excluding hydrogens is 306 g/mol. The lowest BCUT2D eigenvalue weighted by molar-refractivity contribution is 0.221. The Labute approximate surface area is 148 Å². The predicted molar refractivity (Wildman–Crippen MR) is 99.2 cm³/mol. The molecule has 3 heteroatoms. The quantitative estimate of drug-likeness (QED) is 0.709. The summed E-state index contributed by atoms with van der Waals surface area (Å²) < 4.78 is 2.48. The average molecular weight is 327 g/mol. The van der Waals surface area contributed by atoms with E-state index in [1.54, 1.807) is 0 Å². The van der Waals surface area contributed by atoms with Crippen molar-refractivity contribution in [2.45, 2.75) is 25.4 Å². The number of rotatable bonds is 2. The zero-order chi connectivity index (χ0) is 16.8. The predicted octanol–water partition coefficient (Wildman–Crippen LogP) is 4.13. The summed E-state index contributed by atoms with van der Waals surface area (Å²) in [5.41, 5.74) is 5.48. The molecular formula is C22H21N3. The third-order valence-corrected chi connectivity index (χ3v) is 5.90. The number of nitriles is 1. The summed E-state index contributed by atoms with van der Waals surface area (Å²) in [5, 5.41) is 11.1. The lowest BCUT2D eigenvalue weighted by atomic mass is 9.91. The minimum absolute atomic E-state index is 0.109. The van der Waals surface area contributed by atoms with Crippen LogP contribution < -0.4 is 0 Å². The summed E-state index contributed by atoms with van der Waals surface area (Å²) in [4.78, 5) is 2.52. The first-order valence-electron chi connectivity index (χ1n) is 9.14. The summed E-state index contributed by atoms with van der Waals surface area (Å²) in [6, 6.07) is 22.3. The third-order valence-electron chi connectivity index (χ3n) is 5.90. The Kier molecular flexibility index (Phi) is 3.39. The van der Waals surface area contributed by atoms with E-state index in [1.165, 1.54) is 27.7 Å². The number of para-hydroxylation sites is 1. The van der Waals surface area contributed by atoms with E-state index in [0.29, 0.717) is 0 Å². The van der Waals surface area contributed by atoms with E-state index < -0.39 is 0 Å². The van der Waals surface area contributed by atoms with Gasteiger partial charge < -0.3 is 4.57 Å². The van der Waals surface area contributed by atoms with Crippen LogP contribution in [0.15, 0.2) is 54.6 Å². The fourth-order valence-corrected chi connectivity index (χ4v) is 4.79. The molecule has 2 aromatic carbocycles. The summed E-state index contributed by atoms with van der Waals surface area (Å²) in [5.74, 6) is 0.109. The zero-order valence-corrected chi connectivity index (χ0v) is 14.2. The monoisotopic (exact) mass is 327 g/mol. The van der Waals surface area contributed by atoms with E-state index in [0.717, 1.165) is 32.5 Å². The van der Waals surface area contributed by atoms with Crippen molar-refractivity contribution in [3.05, 3.63) is 71.4 Å². The van der Waals surface area contributed by atoms with Crippen LogP contribution in [0, 0.1) is 17.2 Å². The van der Waals surface area contributed by atoms with Gasteiger partial charge in [-0.25, -0.2) is 0 Å². The minimum Gasteiger partial charge on any atom is -0.338 e. The van der Waals surface area contributed by atoms with E-state index in [4.69, 9.17) is 0 Å². The summed E-state index contributed by atoms with van der Waals surface area (Å²) in [6.07, 6.45) is 2.08. The van der Waals surface area contributed by atoms with Crippen LogP contribution in [0.1, 0.15) is 29.3 Å². The van der Waals surface area contributed by atoms with Crippen LogP contribution in [-0.2, 0) is 13.0 Å². The van der Waals surface area contributed by atoms with Crippen LogP contribution in [0.5, 0.6) is 0 Å². The molecule has 5 rings (SSSR count). The maximum atomic E-state index is 9.70. The highest BCUT2D eigenvalue weighted by atomic mass is 15.2. The average Bonchev–Trinajstić information content (AvgIpc) is 3.22. The van der Waals surface area contributed by atoms with Gasteiger partial charge in [0.15, 0.2) is 0 Å². The number of benzene rings is 2. The van der Waals surface area contributed by atoms with E-state index in [1.807, 2.05) is 0 Å². The first kappa shape index (κ1) is 14.7. The number of aromatic nitrogens is 1. The van der Waals surface area contributed by atoms with Crippen molar-refractivity contribution in [2.75, 3.05) is 13.1 Å². The van der Waals surface area contributed by atoms with Gasteiger partial charge in [-0.3, -0.25) is 4.90 Å². The number of hydrogen-bond acceptors (Lipinski definition) is 2. The largest absolute Gasteiger partial charge is 0.338 e. The van der Waals surface area contributed by atoms with Gasteiger partial charge in [-0.1, -0.05) is 48.5 Å². The Balaban J connectivity index is 1.74. The van der Waals surface area contributed by atoms with Gasteiger partial charge in [0, 0.05) is 36.2 Å². The van der Waals surface area contributed by atoms with E-state index in [9.17, 15) is 5.26 Å². The van der Waals surface area contributed by atoms with Gasteiger partial charge >= 0.3 is 0 Å². The Hall–Kier alpha value is -2.57. The molecule has 0 N–H and O–H groups in total. The maximum Gasteiger partial charge on any atom is 0.0687 e. The lowest BCUT2D eigenvalue weighted by Crippen LogP contribution is -2.34. The molecule has 0 amide bonds. The fraction of sp³-hybridized carbons (Fsp3) is 0.318. The van der Waals surface area contributed by atoms with Gasteiger partial charge in [0.25, 0.3) is 0 Å². The molecule has 1 saturated heterocycles. The van der Waals surface area contributed by atoms with Gasteiger partial charge in [0.1, 0.15) is 0 Å². The molecule has 3 nitrogen and oxygen atoms in total. The van der Waals surface area contributed by atoms with Gasteiger partial charge in [0.2, 0.25) is 0 Å². The van der Waals surface area contributed by atoms with Crippen LogP contribution in [-0.4, -0.2) is 22.6 Å². The van der Waals surface area contributed by atoms with Crippen molar-refractivity contribution in [1.29, 1.82) is 5.26 Å². The van der Waals surface area contributed by atoms with Gasteiger partial charge in [-0.05, 0) is 30.0 Å². The summed E-state index contributed by atoms with van der Waals surface area (Å²) >= 11 is 0. The number of fused-ring (bicyclic) bond motifs is 5. The second kappa shape index (κ2) is 5.75. The SMILES string of the molecule is N#C[C@H]1CCN2CCc3c(n(Cc4ccccc4)c4ccccc34)[C@@H]12. The molecule has 124 valence electrons. The first-order chi connectivity index (χ1) is 12.4. The summed E-state index contributed by atoms with van der Waals surface area (Å²) in [6.45, 7) is 3.00. The first-order valence-corrected chi connectivity index (χ1v) is 9.14. The molecule has 2 atom stereocenters. The highest BCUT2D eigenvalue weighted by molar-refractivity contribution is 5.86. The number of hydrogen-bond donors (Lipinski definition) is 0. The minimum atomic E-state index is 0.109. The Morgan fingerprint density at radius 3 is 2.64 bits per heavy atom. The standard InChI is InChI=1S/C22H21N3/c23-14-17-10-12-24-13-11-19-18-8-4-5-9-20(18)25(22(19)21(17)24)15-16-6-2-1-3-7-16/h1-9,17,21H,10-13,15H2/t17-,21-/m1/s1. The Morgan fingerprint density at radius 1 is 1.00 bits per heavy atom. The normalized spacial score (nSPS) is 22.5. The van der Waals surface area contributed by atoms with Crippen molar-refractivity contribution >= 4 is 10.9 Å². The molecule has 0 aliphatic carbocycles. The van der Waals surface area contributed by atoms with E-state index in [-0.39, 0.29) is 12.0 Å². The van der Waals surface area contributed by atoms with E-state index >= 15 is 0 Å². The molecule has 0 unspecified atom stereocenters. The van der Waals surface area contributed by atoms with Crippen molar-refractivity contribution in [1.82, 2.24) is 9.47 Å². The second-order valence-corrected chi connectivity index (χ2v) is 7.21. The van der Waals surface area contributed by atoms with Crippen LogP contribution in [0.25, 0.3) is 10.9 Å².